The van der Waals surface area contributed by atoms with Crippen LogP contribution in [0.5, 0.6) is 5.75 Å². The summed E-state index contributed by atoms with van der Waals surface area (Å²) >= 11 is 0. The third-order valence-corrected chi connectivity index (χ3v) is 3.93. The highest BCUT2D eigenvalue weighted by Gasteiger charge is 2.05. The van der Waals surface area contributed by atoms with Crippen LogP contribution in [0.1, 0.15) is 30.4 Å². The molecule has 0 radical (unpaired) electrons. The molecule has 0 amide bonds. The van der Waals surface area contributed by atoms with Gasteiger partial charge >= 0.3 is 0 Å². The summed E-state index contributed by atoms with van der Waals surface area (Å²) in [4.78, 5) is 0. The van der Waals surface area contributed by atoms with Crippen molar-refractivity contribution in [2.75, 3.05) is 12.4 Å². The van der Waals surface area contributed by atoms with Crippen LogP contribution in [0.3, 0.4) is 0 Å². The van der Waals surface area contributed by atoms with Crippen molar-refractivity contribution in [3.63, 3.8) is 0 Å². The average molecular weight is 291 g/mol. The van der Waals surface area contributed by atoms with Gasteiger partial charge in [-0.2, -0.15) is 0 Å². The number of unbranched alkanes of at least 4 members (excludes halogenated alkanes) is 2. The second-order valence-electron chi connectivity index (χ2n) is 4.37. The van der Waals surface area contributed by atoms with E-state index in [0.29, 0.717) is 13.0 Å². The lowest BCUT2D eigenvalue weighted by Crippen LogP contribution is -2.02. The van der Waals surface area contributed by atoms with Crippen molar-refractivity contribution in [1.82, 2.24) is 0 Å². The first-order valence-electron chi connectivity index (χ1n) is 6.01. The summed E-state index contributed by atoms with van der Waals surface area (Å²) in [5.74, 6) is 0.972. The maximum atomic E-state index is 10.7. The molecule has 0 unspecified atom stereocenters. The Hall–Kier alpha value is -0.740. The summed E-state index contributed by atoms with van der Waals surface area (Å²) in [6.45, 7) is 4.64. The zero-order valence-electron chi connectivity index (χ0n) is 10.8. The Balaban J connectivity index is 2.26. The molecule has 0 aliphatic carbocycles. The molecule has 1 rings (SSSR count). The first-order chi connectivity index (χ1) is 8.40. The van der Waals surface area contributed by atoms with E-state index < -0.39 is 9.05 Å². The minimum atomic E-state index is -3.35. The fraction of sp³-hybridized carbons (Fsp3) is 0.538. The van der Waals surface area contributed by atoms with Gasteiger partial charge in [-0.25, -0.2) is 8.42 Å². The topological polar surface area (TPSA) is 43.4 Å². The van der Waals surface area contributed by atoms with E-state index in [1.807, 2.05) is 32.0 Å². The normalized spacial score (nSPS) is 11.5. The Morgan fingerprint density at radius 3 is 2.28 bits per heavy atom. The van der Waals surface area contributed by atoms with Crippen LogP contribution in [-0.4, -0.2) is 20.8 Å². The SMILES string of the molecule is Cc1cccc(C)c1OCCCCCS(=O)(=O)Cl. The van der Waals surface area contributed by atoms with E-state index >= 15 is 0 Å². The Kier molecular flexibility index (Phi) is 5.96. The monoisotopic (exact) mass is 290 g/mol. The third kappa shape index (κ3) is 5.74. The van der Waals surface area contributed by atoms with Crippen LogP contribution >= 0.6 is 10.7 Å². The Labute approximate surface area is 114 Å². The lowest BCUT2D eigenvalue weighted by molar-refractivity contribution is 0.302. The average Bonchev–Trinajstić information content (AvgIpc) is 2.25. The quantitative estimate of drug-likeness (QED) is 0.571. The summed E-state index contributed by atoms with van der Waals surface area (Å²) < 4.78 is 27.1. The summed E-state index contributed by atoms with van der Waals surface area (Å²) in [5.41, 5.74) is 2.25. The smallest absolute Gasteiger partial charge is 0.232 e. The fourth-order valence-corrected chi connectivity index (χ4v) is 2.63. The summed E-state index contributed by atoms with van der Waals surface area (Å²) in [6, 6.07) is 6.04. The molecule has 0 aliphatic heterocycles. The van der Waals surface area contributed by atoms with E-state index in [2.05, 4.69) is 0 Å². The second-order valence-corrected chi connectivity index (χ2v) is 7.27. The van der Waals surface area contributed by atoms with Crippen molar-refractivity contribution in [2.24, 2.45) is 0 Å². The van der Waals surface area contributed by atoms with Crippen LogP contribution in [0.25, 0.3) is 0 Å². The highest BCUT2D eigenvalue weighted by atomic mass is 35.7. The molecule has 0 spiro atoms. The van der Waals surface area contributed by atoms with Gasteiger partial charge in [-0.15, -0.1) is 0 Å². The van der Waals surface area contributed by atoms with Crippen LogP contribution in [-0.2, 0) is 9.05 Å². The standard InChI is InChI=1S/C13H19ClO3S/c1-11-7-6-8-12(2)13(11)17-9-4-3-5-10-18(14,15)16/h6-8H,3-5,9-10H2,1-2H3. The van der Waals surface area contributed by atoms with Gasteiger partial charge in [-0.3, -0.25) is 0 Å². The second kappa shape index (κ2) is 7.00. The molecule has 0 saturated heterocycles. The fourth-order valence-electron chi connectivity index (χ4n) is 1.75. The number of hydrogen-bond donors (Lipinski definition) is 0. The minimum Gasteiger partial charge on any atom is -0.493 e. The molecule has 5 heteroatoms. The Bertz CT molecular complexity index is 463. The number of aryl methyl sites for hydroxylation is 2. The van der Waals surface area contributed by atoms with Crippen LogP contribution in [0, 0.1) is 13.8 Å². The van der Waals surface area contributed by atoms with Gasteiger partial charge in [0, 0.05) is 10.7 Å². The van der Waals surface area contributed by atoms with E-state index in [9.17, 15) is 8.42 Å². The molecule has 18 heavy (non-hydrogen) atoms. The van der Waals surface area contributed by atoms with E-state index in [0.717, 1.165) is 29.7 Å². The lowest BCUT2D eigenvalue weighted by atomic mass is 10.1. The number of hydrogen-bond acceptors (Lipinski definition) is 3. The first-order valence-corrected chi connectivity index (χ1v) is 8.49. The summed E-state index contributed by atoms with van der Waals surface area (Å²) in [6.07, 6.45) is 2.22. The van der Waals surface area contributed by atoms with E-state index in [1.165, 1.54) is 0 Å². The van der Waals surface area contributed by atoms with Gasteiger partial charge in [-0.05, 0) is 44.2 Å². The molecule has 0 aromatic heterocycles. The molecule has 0 aliphatic rings. The van der Waals surface area contributed by atoms with Gasteiger partial charge in [0.05, 0.1) is 12.4 Å². The molecular weight excluding hydrogens is 272 g/mol. The van der Waals surface area contributed by atoms with Crippen molar-refractivity contribution in [1.29, 1.82) is 0 Å². The van der Waals surface area contributed by atoms with E-state index in [4.69, 9.17) is 15.4 Å². The number of benzene rings is 1. The van der Waals surface area contributed by atoms with Gasteiger partial charge < -0.3 is 4.74 Å². The lowest BCUT2D eigenvalue weighted by Gasteiger charge is -2.11. The van der Waals surface area contributed by atoms with Gasteiger partial charge in [0.1, 0.15) is 5.75 Å². The van der Waals surface area contributed by atoms with Crippen molar-refractivity contribution in [2.45, 2.75) is 33.1 Å². The van der Waals surface area contributed by atoms with Gasteiger partial charge in [-0.1, -0.05) is 18.2 Å². The molecule has 1 aromatic rings. The molecule has 102 valence electrons. The van der Waals surface area contributed by atoms with Crippen LogP contribution < -0.4 is 4.74 Å². The third-order valence-electron chi connectivity index (χ3n) is 2.69. The zero-order chi connectivity index (χ0) is 13.6. The predicted molar refractivity (Wildman–Crippen MR) is 74.9 cm³/mol. The van der Waals surface area contributed by atoms with Crippen molar-refractivity contribution < 1.29 is 13.2 Å². The highest BCUT2D eigenvalue weighted by molar-refractivity contribution is 8.13. The number of ether oxygens (including phenoxy) is 1. The largest absolute Gasteiger partial charge is 0.493 e. The summed E-state index contributed by atoms with van der Waals surface area (Å²) in [7, 11) is 1.78. The molecule has 1 aromatic carbocycles. The maximum Gasteiger partial charge on any atom is 0.232 e. The molecule has 3 nitrogen and oxygen atoms in total. The summed E-state index contributed by atoms with van der Waals surface area (Å²) in [5, 5.41) is 0. The Morgan fingerprint density at radius 1 is 1.11 bits per heavy atom. The van der Waals surface area contributed by atoms with Crippen molar-refractivity contribution >= 4 is 19.7 Å². The van der Waals surface area contributed by atoms with Crippen LogP contribution in [0.2, 0.25) is 0 Å². The predicted octanol–water partition coefficient (Wildman–Crippen LogP) is 3.42. The van der Waals surface area contributed by atoms with E-state index in [1.54, 1.807) is 0 Å². The molecule has 0 atom stereocenters. The minimum absolute atomic E-state index is 0.0396. The Morgan fingerprint density at radius 2 is 1.72 bits per heavy atom. The zero-order valence-corrected chi connectivity index (χ0v) is 12.4. The molecular formula is C13H19ClO3S. The van der Waals surface area contributed by atoms with E-state index in [-0.39, 0.29) is 5.75 Å². The van der Waals surface area contributed by atoms with Crippen LogP contribution in [0.15, 0.2) is 18.2 Å². The van der Waals surface area contributed by atoms with Gasteiger partial charge in [0.15, 0.2) is 0 Å². The molecule has 0 fully saturated rings. The molecule has 0 N–H and O–H groups in total. The maximum absolute atomic E-state index is 10.7. The first kappa shape index (κ1) is 15.3. The van der Waals surface area contributed by atoms with Gasteiger partial charge in [0.25, 0.3) is 0 Å². The highest BCUT2D eigenvalue weighted by Crippen LogP contribution is 2.22. The van der Waals surface area contributed by atoms with Gasteiger partial charge in [0.2, 0.25) is 9.05 Å². The molecule has 0 bridgehead atoms. The number of para-hydroxylation sites is 1. The molecule has 0 saturated carbocycles. The van der Waals surface area contributed by atoms with Crippen molar-refractivity contribution in [3.05, 3.63) is 29.3 Å². The number of rotatable bonds is 7. The molecule has 0 heterocycles. The van der Waals surface area contributed by atoms with Crippen LogP contribution in [0.4, 0.5) is 0 Å². The van der Waals surface area contributed by atoms with Crippen molar-refractivity contribution in [3.8, 4) is 5.75 Å². The number of halogens is 1.